The van der Waals surface area contributed by atoms with Gasteiger partial charge in [0.1, 0.15) is 12.6 Å². The Morgan fingerprint density at radius 2 is 1.62 bits per heavy atom. The molecule has 1 heterocycles. The summed E-state index contributed by atoms with van der Waals surface area (Å²) in [6, 6.07) is -2.44. The number of nitrogens with two attached hydrogens (primary N) is 1. The molecule has 3 atom stereocenters. The molecule has 0 radical (unpaired) electrons. The van der Waals surface area contributed by atoms with Gasteiger partial charge in [-0.2, -0.15) is 12.6 Å². The molecule has 0 saturated carbocycles. The summed E-state index contributed by atoms with van der Waals surface area (Å²) in [5.41, 5.74) is 5.03. The molecular formula is C23H37N5O8S. The van der Waals surface area contributed by atoms with E-state index >= 15 is 0 Å². The van der Waals surface area contributed by atoms with Crippen molar-refractivity contribution in [3.8, 4) is 0 Å². The lowest BCUT2D eigenvalue weighted by Crippen LogP contribution is -2.55. The van der Waals surface area contributed by atoms with Gasteiger partial charge in [0.05, 0.1) is 37.7 Å². The second kappa shape index (κ2) is 16.7. The largest absolute Gasteiger partial charge is 0.377 e. The Morgan fingerprint density at radius 3 is 2.19 bits per heavy atom. The zero-order valence-electron chi connectivity index (χ0n) is 21.4. The first kappa shape index (κ1) is 32.1. The Morgan fingerprint density at radius 1 is 1.00 bits per heavy atom. The number of nitrogens with one attached hydrogen (secondary N) is 3. The van der Waals surface area contributed by atoms with Crippen LogP contribution in [0.15, 0.2) is 12.2 Å². The zero-order valence-corrected chi connectivity index (χ0v) is 22.3. The van der Waals surface area contributed by atoms with Gasteiger partial charge in [-0.25, -0.2) is 4.79 Å². The number of ketones is 1. The van der Waals surface area contributed by atoms with E-state index in [4.69, 9.17) is 15.2 Å². The first-order chi connectivity index (χ1) is 17.4. The summed E-state index contributed by atoms with van der Waals surface area (Å²) >= 11 is 4.16. The van der Waals surface area contributed by atoms with E-state index < -0.39 is 35.2 Å². The van der Waals surface area contributed by atoms with E-state index in [0.717, 1.165) is 4.90 Å². The van der Waals surface area contributed by atoms with Crippen LogP contribution in [0.2, 0.25) is 0 Å². The number of carbonyl (C=O) groups is 6. The molecule has 14 heteroatoms. The van der Waals surface area contributed by atoms with Crippen molar-refractivity contribution in [2.24, 2.45) is 11.7 Å². The van der Waals surface area contributed by atoms with Crippen molar-refractivity contribution in [2.45, 2.75) is 50.9 Å². The number of urea groups is 1. The van der Waals surface area contributed by atoms with Crippen molar-refractivity contribution >= 4 is 48.1 Å². The SMILES string of the molecule is CC(S)C(=O)[C@H](CCCNC(N)=O)NC(=O)[C@@H](NC(=O)COCCOCCN1C(=O)C=CC1=O)C(C)C. The molecule has 0 aromatic rings. The summed E-state index contributed by atoms with van der Waals surface area (Å²) in [5, 5.41) is 7.10. The quantitative estimate of drug-likeness (QED) is 0.0819. The topological polar surface area (TPSA) is 186 Å². The van der Waals surface area contributed by atoms with Gasteiger partial charge in [0, 0.05) is 18.7 Å². The number of hydrogen-bond donors (Lipinski definition) is 5. The first-order valence-corrected chi connectivity index (χ1v) is 12.5. The van der Waals surface area contributed by atoms with Crippen molar-refractivity contribution < 1.29 is 38.2 Å². The Balaban J connectivity index is 2.43. The molecule has 0 spiro atoms. The smallest absolute Gasteiger partial charge is 0.312 e. The highest BCUT2D eigenvalue weighted by Crippen LogP contribution is 2.09. The first-order valence-electron chi connectivity index (χ1n) is 12.0. The molecule has 0 fully saturated rings. The second-order valence-corrected chi connectivity index (χ2v) is 9.46. The predicted octanol–water partition coefficient (Wildman–Crippen LogP) is -1.09. The van der Waals surface area contributed by atoms with Gasteiger partial charge in [-0.15, -0.1) is 0 Å². The highest BCUT2D eigenvalue weighted by molar-refractivity contribution is 7.81. The van der Waals surface area contributed by atoms with E-state index in [1.54, 1.807) is 20.8 Å². The molecule has 5 N–H and O–H groups in total. The van der Waals surface area contributed by atoms with Crippen LogP contribution in [0.5, 0.6) is 0 Å². The minimum Gasteiger partial charge on any atom is -0.377 e. The Hall–Kier alpha value is -2.97. The summed E-state index contributed by atoms with van der Waals surface area (Å²) in [4.78, 5) is 72.5. The van der Waals surface area contributed by atoms with Crippen LogP contribution in [0.25, 0.3) is 0 Å². The van der Waals surface area contributed by atoms with Crippen LogP contribution in [0.4, 0.5) is 4.79 Å². The highest BCUT2D eigenvalue weighted by atomic mass is 32.1. The van der Waals surface area contributed by atoms with E-state index in [-0.39, 0.29) is 69.5 Å². The monoisotopic (exact) mass is 543 g/mol. The van der Waals surface area contributed by atoms with Gasteiger partial charge in [0.2, 0.25) is 11.8 Å². The second-order valence-electron chi connectivity index (χ2n) is 8.69. The third kappa shape index (κ3) is 12.2. The van der Waals surface area contributed by atoms with Crippen molar-refractivity contribution in [2.75, 3.05) is 39.5 Å². The van der Waals surface area contributed by atoms with Gasteiger partial charge >= 0.3 is 6.03 Å². The van der Waals surface area contributed by atoms with Gasteiger partial charge < -0.3 is 31.2 Å². The number of imide groups is 1. The third-order valence-electron chi connectivity index (χ3n) is 5.27. The van der Waals surface area contributed by atoms with Crippen LogP contribution in [-0.2, 0) is 33.4 Å². The lowest BCUT2D eigenvalue weighted by molar-refractivity contribution is -0.138. The minimum absolute atomic E-state index is 0.0852. The number of nitrogens with zero attached hydrogens (tertiary/aromatic N) is 1. The number of carbonyl (C=O) groups excluding carboxylic acids is 6. The van der Waals surface area contributed by atoms with Crippen molar-refractivity contribution in [1.29, 1.82) is 0 Å². The molecule has 1 rings (SSSR count). The summed E-state index contributed by atoms with van der Waals surface area (Å²) in [6.07, 6.45) is 3.04. The number of ether oxygens (including phenoxy) is 2. The Labute approximate surface area is 221 Å². The number of Topliss-reactive ketones (excluding diaryl/α,β-unsaturated/α-hetero) is 1. The number of hydrogen-bond acceptors (Lipinski definition) is 9. The average Bonchev–Trinajstić information content (AvgIpc) is 3.14. The van der Waals surface area contributed by atoms with Crippen LogP contribution in [0.3, 0.4) is 0 Å². The van der Waals surface area contributed by atoms with Crippen LogP contribution in [0, 0.1) is 5.92 Å². The van der Waals surface area contributed by atoms with E-state index in [2.05, 4.69) is 28.6 Å². The van der Waals surface area contributed by atoms with Gasteiger partial charge in [-0.05, 0) is 25.7 Å². The predicted molar refractivity (Wildman–Crippen MR) is 136 cm³/mol. The molecule has 37 heavy (non-hydrogen) atoms. The molecule has 6 amide bonds. The summed E-state index contributed by atoms with van der Waals surface area (Å²) in [7, 11) is 0. The number of rotatable bonds is 18. The summed E-state index contributed by atoms with van der Waals surface area (Å²) in [6.45, 7) is 5.50. The van der Waals surface area contributed by atoms with E-state index in [1.807, 2.05) is 0 Å². The highest BCUT2D eigenvalue weighted by Gasteiger charge is 2.29. The van der Waals surface area contributed by atoms with Gasteiger partial charge in [-0.1, -0.05) is 13.8 Å². The Kier molecular flexibility index (Phi) is 14.5. The molecule has 1 aliphatic rings. The molecule has 0 aliphatic carbocycles. The van der Waals surface area contributed by atoms with Crippen molar-refractivity contribution in [1.82, 2.24) is 20.9 Å². The third-order valence-corrected chi connectivity index (χ3v) is 5.53. The molecule has 208 valence electrons. The summed E-state index contributed by atoms with van der Waals surface area (Å²) < 4.78 is 10.6. The maximum absolute atomic E-state index is 12.9. The standard InChI is InChI=1S/C23H37N5O8S/c1-14(2)20(22(33)26-16(21(32)15(3)37)5-4-8-25-23(24)34)27-17(29)13-36-12-11-35-10-9-28-18(30)6-7-19(28)31/h6-7,14-16,20,37H,4-5,8-13H2,1-3H3,(H,26,33)(H,27,29)(H3,24,25,34)/t15?,16-,20-/m0/s1. The normalized spacial score (nSPS) is 15.4. The van der Waals surface area contributed by atoms with Crippen LogP contribution in [-0.4, -0.2) is 97.2 Å². The molecule has 0 saturated heterocycles. The minimum atomic E-state index is -0.911. The zero-order chi connectivity index (χ0) is 28.0. The number of amides is 6. The molecule has 1 aliphatic heterocycles. The van der Waals surface area contributed by atoms with Crippen LogP contribution < -0.4 is 21.7 Å². The van der Waals surface area contributed by atoms with Gasteiger partial charge in [0.15, 0.2) is 5.78 Å². The molecule has 0 aromatic carbocycles. The summed E-state index contributed by atoms with van der Waals surface area (Å²) in [5.74, 6) is -2.39. The fourth-order valence-corrected chi connectivity index (χ4v) is 3.48. The fourth-order valence-electron chi connectivity index (χ4n) is 3.30. The number of thiol groups is 1. The van der Waals surface area contributed by atoms with Crippen LogP contribution >= 0.6 is 12.6 Å². The molecule has 13 nitrogen and oxygen atoms in total. The van der Waals surface area contributed by atoms with E-state index in [9.17, 15) is 28.8 Å². The van der Waals surface area contributed by atoms with Gasteiger partial charge in [-0.3, -0.25) is 28.9 Å². The molecule has 1 unspecified atom stereocenters. The number of primary amides is 1. The van der Waals surface area contributed by atoms with E-state index in [1.165, 1.54) is 12.2 Å². The average molecular weight is 544 g/mol. The fraction of sp³-hybridized carbons (Fsp3) is 0.652. The molecule has 0 bridgehead atoms. The lowest BCUT2D eigenvalue weighted by Gasteiger charge is -2.26. The molecular weight excluding hydrogens is 506 g/mol. The maximum atomic E-state index is 12.9. The van der Waals surface area contributed by atoms with Crippen molar-refractivity contribution in [3.05, 3.63) is 12.2 Å². The maximum Gasteiger partial charge on any atom is 0.312 e. The lowest BCUT2D eigenvalue weighted by atomic mass is 10.00. The van der Waals surface area contributed by atoms with E-state index in [0.29, 0.717) is 6.42 Å². The van der Waals surface area contributed by atoms with Crippen LogP contribution in [0.1, 0.15) is 33.6 Å². The van der Waals surface area contributed by atoms with Gasteiger partial charge in [0.25, 0.3) is 11.8 Å². The molecule has 0 aromatic heterocycles. The van der Waals surface area contributed by atoms with Crippen molar-refractivity contribution in [3.63, 3.8) is 0 Å². The Bertz CT molecular complexity index is 846.